The van der Waals surface area contributed by atoms with E-state index in [0.717, 1.165) is 17.5 Å². The highest BCUT2D eigenvalue weighted by molar-refractivity contribution is 5.79. The fraction of sp³-hybridized carbons (Fsp3) is 0.235. The molecule has 0 atom stereocenters. The molecule has 0 saturated heterocycles. The summed E-state index contributed by atoms with van der Waals surface area (Å²) in [5, 5.41) is 10.6. The normalized spacial score (nSPS) is 10.7. The summed E-state index contributed by atoms with van der Waals surface area (Å²) >= 11 is 0. The van der Waals surface area contributed by atoms with E-state index in [2.05, 4.69) is 4.99 Å². The highest BCUT2D eigenvalue weighted by Crippen LogP contribution is 2.27. The van der Waals surface area contributed by atoms with Gasteiger partial charge in [0.05, 0.1) is 19.1 Å². The van der Waals surface area contributed by atoms with E-state index in [-0.39, 0.29) is 5.69 Å². The van der Waals surface area contributed by atoms with Gasteiger partial charge >= 0.3 is 0 Å². The monoisotopic (exact) mass is 314 g/mol. The van der Waals surface area contributed by atoms with Crippen molar-refractivity contribution in [3.63, 3.8) is 0 Å². The van der Waals surface area contributed by atoms with Crippen molar-refractivity contribution in [1.82, 2.24) is 0 Å². The molecule has 0 radical (unpaired) electrons. The molecule has 0 N–H and O–H groups in total. The molecular formula is C17H18N2O4. The average molecular weight is 314 g/mol. The van der Waals surface area contributed by atoms with Gasteiger partial charge < -0.3 is 9.47 Å². The standard InChI is InChI=1S/C17H18N2O4/c1-22-16-8-5-13(11-17(16)23-2)9-10-18-12-14-3-6-15(7-4-14)19(20)21/h3-8,11-12H,9-10H2,1-2H3. The molecule has 0 spiro atoms. The van der Waals surface area contributed by atoms with Crippen LogP contribution in [-0.2, 0) is 6.42 Å². The third-order valence-electron chi connectivity index (χ3n) is 3.32. The summed E-state index contributed by atoms with van der Waals surface area (Å²) in [5.74, 6) is 1.40. The summed E-state index contributed by atoms with van der Waals surface area (Å²) in [6, 6.07) is 12.1. The number of methoxy groups -OCH3 is 2. The molecule has 0 aliphatic heterocycles. The minimum atomic E-state index is -0.419. The highest BCUT2D eigenvalue weighted by Gasteiger charge is 2.04. The molecule has 0 fully saturated rings. The summed E-state index contributed by atoms with van der Waals surface area (Å²) in [4.78, 5) is 14.5. The number of aliphatic imine (C=N–C) groups is 1. The Balaban J connectivity index is 1.92. The first-order chi connectivity index (χ1) is 11.1. The largest absolute Gasteiger partial charge is 0.493 e. The topological polar surface area (TPSA) is 74.0 Å². The van der Waals surface area contributed by atoms with E-state index in [9.17, 15) is 10.1 Å². The fourth-order valence-corrected chi connectivity index (χ4v) is 2.08. The SMILES string of the molecule is COc1ccc(CCN=Cc2ccc([N+](=O)[O-])cc2)cc1OC. The van der Waals surface area contributed by atoms with Crippen LogP contribution in [0.3, 0.4) is 0 Å². The maximum atomic E-state index is 10.6. The molecule has 6 heteroatoms. The zero-order valence-electron chi connectivity index (χ0n) is 13.1. The first-order valence-corrected chi connectivity index (χ1v) is 7.09. The molecule has 2 aromatic rings. The number of hydrogen-bond donors (Lipinski definition) is 0. The zero-order valence-corrected chi connectivity index (χ0v) is 13.1. The quantitative estimate of drug-likeness (QED) is 0.446. The third-order valence-corrected chi connectivity index (χ3v) is 3.32. The fourth-order valence-electron chi connectivity index (χ4n) is 2.08. The van der Waals surface area contributed by atoms with Crippen molar-refractivity contribution in [2.24, 2.45) is 4.99 Å². The van der Waals surface area contributed by atoms with E-state index in [4.69, 9.17) is 9.47 Å². The summed E-state index contributed by atoms with van der Waals surface area (Å²) in [6.45, 7) is 0.618. The van der Waals surface area contributed by atoms with Gasteiger partial charge in [-0.05, 0) is 41.8 Å². The summed E-state index contributed by atoms with van der Waals surface area (Å²) < 4.78 is 10.5. The second-order valence-corrected chi connectivity index (χ2v) is 4.82. The van der Waals surface area contributed by atoms with Crippen LogP contribution in [0.1, 0.15) is 11.1 Å². The van der Waals surface area contributed by atoms with E-state index in [0.29, 0.717) is 18.0 Å². The molecule has 0 amide bonds. The Morgan fingerprint density at radius 2 is 1.78 bits per heavy atom. The number of rotatable bonds is 7. The van der Waals surface area contributed by atoms with Crippen molar-refractivity contribution in [1.29, 1.82) is 0 Å². The minimum Gasteiger partial charge on any atom is -0.493 e. The first kappa shape index (κ1) is 16.5. The highest BCUT2D eigenvalue weighted by atomic mass is 16.6. The first-order valence-electron chi connectivity index (χ1n) is 7.09. The lowest BCUT2D eigenvalue weighted by Crippen LogP contribution is -1.95. The Kier molecular flexibility index (Phi) is 5.68. The number of ether oxygens (including phenoxy) is 2. The predicted octanol–water partition coefficient (Wildman–Crippen LogP) is 3.27. The molecule has 2 aromatic carbocycles. The van der Waals surface area contributed by atoms with Gasteiger partial charge in [-0.3, -0.25) is 15.1 Å². The van der Waals surface area contributed by atoms with Crippen molar-refractivity contribution in [2.75, 3.05) is 20.8 Å². The van der Waals surface area contributed by atoms with Crippen molar-refractivity contribution in [3.8, 4) is 11.5 Å². The van der Waals surface area contributed by atoms with Crippen molar-refractivity contribution in [3.05, 3.63) is 63.7 Å². The van der Waals surface area contributed by atoms with Gasteiger partial charge in [0.15, 0.2) is 11.5 Å². The number of nitro benzene ring substituents is 1. The number of benzene rings is 2. The molecule has 0 bridgehead atoms. The second-order valence-electron chi connectivity index (χ2n) is 4.82. The van der Waals surface area contributed by atoms with Crippen LogP contribution in [0.25, 0.3) is 0 Å². The van der Waals surface area contributed by atoms with E-state index >= 15 is 0 Å². The van der Waals surface area contributed by atoms with Gasteiger partial charge in [-0.2, -0.15) is 0 Å². The van der Waals surface area contributed by atoms with Crippen molar-refractivity contribution in [2.45, 2.75) is 6.42 Å². The van der Waals surface area contributed by atoms with E-state index in [1.54, 1.807) is 32.6 Å². The third kappa shape index (κ3) is 4.54. The smallest absolute Gasteiger partial charge is 0.269 e. The van der Waals surface area contributed by atoms with Gasteiger partial charge in [-0.15, -0.1) is 0 Å². The van der Waals surface area contributed by atoms with Gasteiger partial charge in [0.2, 0.25) is 0 Å². The molecule has 2 rings (SSSR count). The number of hydrogen-bond acceptors (Lipinski definition) is 5. The van der Waals surface area contributed by atoms with Crippen LogP contribution in [0.15, 0.2) is 47.5 Å². The Labute approximate surface area is 134 Å². The molecule has 0 aliphatic carbocycles. The van der Waals surface area contributed by atoms with Gasteiger partial charge in [0.25, 0.3) is 5.69 Å². The lowest BCUT2D eigenvalue weighted by molar-refractivity contribution is -0.384. The number of nitro groups is 1. The van der Waals surface area contributed by atoms with E-state index in [1.165, 1.54) is 12.1 Å². The predicted molar refractivity (Wildman–Crippen MR) is 88.8 cm³/mol. The minimum absolute atomic E-state index is 0.0764. The van der Waals surface area contributed by atoms with Crippen LogP contribution in [0.4, 0.5) is 5.69 Å². The van der Waals surface area contributed by atoms with Gasteiger partial charge in [-0.1, -0.05) is 6.07 Å². The van der Waals surface area contributed by atoms with Crippen LogP contribution in [0.2, 0.25) is 0 Å². The molecule has 0 aliphatic rings. The van der Waals surface area contributed by atoms with Gasteiger partial charge in [0, 0.05) is 24.9 Å². The molecule has 0 unspecified atom stereocenters. The maximum absolute atomic E-state index is 10.6. The molecule has 0 heterocycles. The molecule has 23 heavy (non-hydrogen) atoms. The molecule has 6 nitrogen and oxygen atoms in total. The van der Waals surface area contributed by atoms with Gasteiger partial charge in [-0.25, -0.2) is 0 Å². The average Bonchev–Trinajstić information content (AvgIpc) is 2.58. The van der Waals surface area contributed by atoms with Gasteiger partial charge in [0.1, 0.15) is 0 Å². The second kappa shape index (κ2) is 7.93. The Morgan fingerprint density at radius 3 is 2.39 bits per heavy atom. The summed E-state index contributed by atoms with van der Waals surface area (Å²) in [7, 11) is 3.21. The maximum Gasteiger partial charge on any atom is 0.269 e. The van der Waals surface area contributed by atoms with Crippen molar-refractivity contribution < 1.29 is 14.4 Å². The Bertz CT molecular complexity index is 696. The molecule has 0 saturated carbocycles. The Morgan fingerprint density at radius 1 is 1.09 bits per heavy atom. The molecular weight excluding hydrogens is 296 g/mol. The van der Waals surface area contributed by atoms with Crippen LogP contribution in [-0.4, -0.2) is 31.9 Å². The molecule has 0 aromatic heterocycles. The van der Waals surface area contributed by atoms with Crippen LogP contribution >= 0.6 is 0 Å². The lowest BCUT2D eigenvalue weighted by Gasteiger charge is -2.08. The van der Waals surface area contributed by atoms with Crippen LogP contribution in [0.5, 0.6) is 11.5 Å². The van der Waals surface area contributed by atoms with Crippen LogP contribution < -0.4 is 9.47 Å². The number of non-ortho nitro benzene ring substituents is 1. The molecule has 120 valence electrons. The summed E-state index contributed by atoms with van der Waals surface area (Å²) in [6.07, 6.45) is 2.48. The van der Waals surface area contributed by atoms with Crippen LogP contribution in [0, 0.1) is 10.1 Å². The van der Waals surface area contributed by atoms with E-state index in [1.807, 2.05) is 18.2 Å². The van der Waals surface area contributed by atoms with E-state index < -0.39 is 4.92 Å². The number of nitrogens with zero attached hydrogens (tertiary/aromatic N) is 2. The lowest BCUT2D eigenvalue weighted by atomic mass is 10.1. The Hall–Kier alpha value is -2.89. The summed E-state index contributed by atoms with van der Waals surface area (Å²) in [5.41, 5.74) is 2.01. The van der Waals surface area contributed by atoms with Crippen molar-refractivity contribution >= 4 is 11.9 Å². The zero-order chi connectivity index (χ0) is 16.7.